The number of ketones is 1. The first-order valence-electron chi connectivity index (χ1n) is 7.11. The fourth-order valence-corrected chi connectivity index (χ4v) is 2.57. The number of fused-ring (bicyclic) bond motifs is 1. The van der Waals surface area contributed by atoms with Gasteiger partial charge >= 0.3 is 5.97 Å². The van der Waals surface area contributed by atoms with Crippen LogP contribution in [0.1, 0.15) is 10.4 Å². The van der Waals surface area contributed by atoms with E-state index in [9.17, 15) is 9.59 Å². The molecule has 1 aromatic heterocycles. The zero-order valence-electron chi connectivity index (χ0n) is 13.0. The molecule has 3 rings (SSSR count). The number of hydrogen-bond acceptors (Lipinski definition) is 7. The van der Waals surface area contributed by atoms with Gasteiger partial charge in [-0.15, -0.1) is 0 Å². The van der Waals surface area contributed by atoms with Crippen LogP contribution in [0.5, 0.6) is 11.6 Å². The molecule has 7 nitrogen and oxygen atoms in total. The molecule has 8 heteroatoms. The Morgan fingerprint density at radius 3 is 2.56 bits per heavy atom. The second-order valence-electron chi connectivity index (χ2n) is 4.96. The van der Waals surface area contributed by atoms with E-state index < -0.39 is 11.8 Å². The number of nitrogen functional groups attached to an aromatic ring is 1. The predicted octanol–water partition coefficient (Wildman–Crippen LogP) is 3.12. The molecule has 0 saturated heterocycles. The number of carbonyl (C=O) groups excluding carboxylic acids is 2. The van der Waals surface area contributed by atoms with Crippen molar-refractivity contribution in [1.29, 1.82) is 0 Å². The Labute approximate surface area is 150 Å². The van der Waals surface area contributed by atoms with Crippen molar-refractivity contribution in [2.24, 2.45) is 0 Å². The summed E-state index contributed by atoms with van der Waals surface area (Å²) < 4.78 is 10.9. The quantitative estimate of drug-likeness (QED) is 0.406. The molecule has 0 saturated carbocycles. The van der Waals surface area contributed by atoms with E-state index in [0.717, 1.165) is 7.11 Å². The number of anilines is 1. The van der Waals surface area contributed by atoms with E-state index in [1.807, 2.05) is 0 Å². The Morgan fingerprint density at radius 2 is 1.84 bits per heavy atom. The van der Waals surface area contributed by atoms with Gasteiger partial charge in [-0.25, -0.2) is 9.78 Å². The summed E-state index contributed by atoms with van der Waals surface area (Å²) >= 11 is 3.30. The molecule has 126 valence electrons. The van der Waals surface area contributed by atoms with Crippen LogP contribution in [0.2, 0.25) is 0 Å². The number of hydrogen-bond donors (Lipinski definition) is 1. The van der Waals surface area contributed by atoms with Crippen LogP contribution in [0.25, 0.3) is 10.8 Å². The van der Waals surface area contributed by atoms with Crippen molar-refractivity contribution in [2.75, 3.05) is 12.8 Å². The summed E-state index contributed by atoms with van der Waals surface area (Å²) in [6.07, 6.45) is 1.48. The van der Waals surface area contributed by atoms with Crippen LogP contribution >= 0.6 is 15.9 Å². The number of nitrogens with two attached hydrogens (primary N) is 1. The molecule has 0 amide bonds. The van der Waals surface area contributed by atoms with E-state index >= 15 is 0 Å². The average molecular weight is 402 g/mol. The number of Topliss-reactive ketones (excluding diaryl/α,β-unsaturated/α-hetero) is 1. The molecule has 0 fully saturated rings. The third-order valence-electron chi connectivity index (χ3n) is 3.44. The zero-order valence-corrected chi connectivity index (χ0v) is 14.6. The lowest BCUT2D eigenvalue weighted by Gasteiger charge is -2.12. The fraction of sp³-hybridized carbons (Fsp3) is 0.0588. The monoisotopic (exact) mass is 401 g/mol. The van der Waals surface area contributed by atoms with E-state index in [1.54, 1.807) is 30.3 Å². The molecule has 0 spiro atoms. The van der Waals surface area contributed by atoms with Crippen LogP contribution in [0.3, 0.4) is 0 Å². The minimum atomic E-state index is -0.926. The summed E-state index contributed by atoms with van der Waals surface area (Å²) in [4.78, 5) is 31.7. The van der Waals surface area contributed by atoms with Crippen LogP contribution < -0.4 is 10.5 Å². The van der Waals surface area contributed by atoms with Gasteiger partial charge in [0, 0.05) is 10.9 Å². The van der Waals surface area contributed by atoms with Gasteiger partial charge in [0.1, 0.15) is 5.75 Å². The Kier molecular flexibility index (Phi) is 4.62. The van der Waals surface area contributed by atoms with Crippen LogP contribution in [0.15, 0.2) is 47.1 Å². The largest absolute Gasteiger partial charge is 0.463 e. The molecule has 3 aromatic rings. The van der Waals surface area contributed by atoms with Gasteiger partial charge in [-0.1, -0.05) is 24.3 Å². The van der Waals surface area contributed by atoms with E-state index in [1.165, 1.54) is 12.3 Å². The number of benzene rings is 2. The van der Waals surface area contributed by atoms with Gasteiger partial charge < -0.3 is 15.2 Å². The molecule has 0 atom stereocenters. The fourth-order valence-electron chi connectivity index (χ4n) is 2.30. The minimum Gasteiger partial charge on any atom is -0.463 e. The van der Waals surface area contributed by atoms with Gasteiger partial charge in [0.2, 0.25) is 11.8 Å². The van der Waals surface area contributed by atoms with E-state index in [-0.39, 0.29) is 17.4 Å². The summed E-state index contributed by atoms with van der Waals surface area (Å²) in [5, 5.41) is 1.20. The topological polar surface area (TPSA) is 104 Å². The predicted molar refractivity (Wildman–Crippen MR) is 94.5 cm³/mol. The summed E-state index contributed by atoms with van der Waals surface area (Å²) in [7, 11) is 1.16. The minimum absolute atomic E-state index is 0.0694. The zero-order chi connectivity index (χ0) is 18.0. The highest BCUT2D eigenvalue weighted by Gasteiger charge is 2.21. The van der Waals surface area contributed by atoms with Crippen LogP contribution in [-0.2, 0) is 9.53 Å². The molecule has 2 aromatic carbocycles. The molecule has 0 aliphatic heterocycles. The third kappa shape index (κ3) is 3.29. The number of aromatic nitrogens is 2. The normalized spacial score (nSPS) is 10.5. The van der Waals surface area contributed by atoms with Crippen molar-refractivity contribution in [3.8, 4) is 11.6 Å². The maximum Gasteiger partial charge on any atom is 0.379 e. The summed E-state index contributed by atoms with van der Waals surface area (Å²) in [6, 6.07) is 10.2. The van der Waals surface area contributed by atoms with Crippen molar-refractivity contribution in [3.63, 3.8) is 0 Å². The number of ether oxygens (including phenoxy) is 2. The highest BCUT2D eigenvalue weighted by atomic mass is 79.9. The average Bonchev–Trinajstić information content (AvgIpc) is 2.63. The number of carbonyl (C=O) groups is 2. The number of rotatable bonds is 4. The first kappa shape index (κ1) is 16.8. The van der Waals surface area contributed by atoms with E-state index in [2.05, 4.69) is 30.6 Å². The molecule has 2 N–H and O–H groups in total. The smallest absolute Gasteiger partial charge is 0.379 e. The van der Waals surface area contributed by atoms with E-state index in [0.29, 0.717) is 21.0 Å². The summed E-state index contributed by atoms with van der Waals surface area (Å²) in [6.45, 7) is 0. The maximum atomic E-state index is 12.2. The Bertz CT molecular complexity index is 991. The summed E-state index contributed by atoms with van der Waals surface area (Å²) in [5.74, 6) is -0.886. The van der Waals surface area contributed by atoms with Crippen LogP contribution in [-0.4, -0.2) is 28.8 Å². The van der Waals surface area contributed by atoms with Gasteiger partial charge in [0.05, 0.1) is 17.8 Å². The number of methoxy groups -OCH3 is 1. The molecule has 0 aliphatic carbocycles. The summed E-state index contributed by atoms with van der Waals surface area (Å²) in [5.41, 5.74) is 5.82. The molecule has 1 heterocycles. The third-order valence-corrected chi connectivity index (χ3v) is 3.98. The van der Waals surface area contributed by atoms with Crippen molar-refractivity contribution in [3.05, 3.63) is 52.6 Å². The SMILES string of the molecule is COC(=O)C(=O)c1ccc(Oc2nc(N)ncc2Br)c2ccccc12. The van der Waals surface area contributed by atoms with Crippen molar-refractivity contribution in [2.45, 2.75) is 0 Å². The molecular weight excluding hydrogens is 390 g/mol. The van der Waals surface area contributed by atoms with Gasteiger partial charge in [-0.05, 0) is 33.4 Å². The van der Waals surface area contributed by atoms with Crippen molar-refractivity contribution in [1.82, 2.24) is 9.97 Å². The number of nitrogens with zero attached hydrogens (tertiary/aromatic N) is 2. The second kappa shape index (κ2) is 6.86. The highest BCUT2D eigenvalue weighted by molar-refractivity contribution is 9.10. The van der Waals surface area contributed by atoms with Crippen molar-refractivity contribution < 1.29 is 19.1 Å². The second-order valence-corrected chi connectivity index (χ2v) is 5.82. The molecule has 0 unspecified atom stereocenters. The van der Waals surface area contributed by atoms with E-state index in [4.69, 9.17) is 10.5 Å². The maximum absolute atomic E-state index is 12.2. The van der Waals surface area contributed by atoms with Gasteiger partial charge in [0.25, 0.3) is 5.78 Å². The first-order chi connectivity index (χ1) is 12.0. The molecule has 0 bridgehead atoms. The molecule has 0 radical (unpaired) electrons. The Balaban J connectivity index is 2.11. The Hall–Kier alpha value is -3.00. The van der Waals surface area contributed by atoms with Crippen LogP contribution in [0.4, 0.5) is 5.95 Å². The number of halogens is 1. The lowest BCUT2D eigenvalue weighted by Crippen LogP contribution is -2.16. The Morgan fingerprint density at radius 1 is 1.12 bits per heavy atom. The van der Waals surface area contributed by atoms with Gasteiger partial charge in [0.15, 0.2) is 0 Å². The van der Waals surface area contributed by atoms with Crippen molar-refractivity contribution >= 4 is 44.4 Å². The standard InChI is InChI=1S/C17H12BrN3O4/c1-24-16(23)14(22)11-6-7-13(10-5-3-2-4-9(10)11)25-15-12(18)8-20-17(19)21-15/h2-8H,1H3,(H2,19,20,21). The van der Waals surface area contributed by atoms with Gasteiger partial charge in [-0.2, -0.15) is 4.98 Å². The van der Waals surface area contributed by atoms with Crippen LogP contribution in [0, 0.1) is 0 Å². The highest BCUT2D eigenvalue weighted by Crippen LogP contribution is 2.34. The molecular formula is C17H12BrN3O4. The first-order valence-corrected chi connectivity index (χ1v) is 7.91. The lowest BCUT2D eigenvalue weighted by atomic mass is 10.0. The van der Waals surface area contributed by atoms with Gasteiger partial charge in [-0.3, -0.25) is 4.79 Å². The molecule has 0 aliphatic rings. The molecule has 25 heavy (non-hydrogen) atoms. The number of esters is 1. The lowest BCUT2D eigenvalue weighted by molar-refractivity contribution is -0.135.